The molecule has 2 heteroatoms. The Labute approximate surface area is 86.1 Å². The van der Waals surface area contributed by atoms with Crippen LogP contribution in [0.2, 0.25) is 0 Å². The van der Waals surface area contributed by atoms with Gasteiger partial charge in [-0.1, -0.05) is 40.0 Å². The average Bonchev–Trinajstić information content (AvgIpc) is 2.19. The van der Waals surface area contributed by atoms with Crippen molar-refractivity contribution >= 4 is 0 Å². The number of halogens is 2. The molecule has 0 amide bonds. The van der Waals surface area contributed by atoms with Crippen molar-refractivity contribution in [3.63, 3.8) is 0 Å². The van der Waals surface area contributed by atoms with E-state index in [9.17, 15) is 8.78 Å². The number of hydrogen-bond donors (Lipinski definition) is 0. The summed E-state index contributed by atoms with van der Waals surface area (Å²) in [6, 6.07) is 0. The number of hydrogen-bond acceptors (Lipinski definition) is 0. The third kappa shape index (κ3) is 2.09. The predicted octanol–water partition coefficient (Wildman–Crippen LogP) is 4.64. The molecule has 0 unspecified atom stereocenters. The van der Waals surface area contributed by atoms with E-state index >= 15 is 0 Å². The van der Waals surface area contributed by atoms with Crippen molar-refractivity contribution in [1.29, 1.82) is 0 Å². The van der Waals surface area contributed by atoms with E-state index in [2.05, 4.69) is 0 Å². The predicted molar refractivity (Wildman–Crippen MR) is 55.6 cm³/mol. The molecule has 0 spiro atoms. The lowest BCUT2D eigenvalue weighted by Gasteiger charge is -2.40. The zero-order valence-electron chi connectivity index (χ0n) is 9.58. The molecule has 0 aromatic rings. The maximum absolute atomic E-state index is 14.1. The van der Waals surface area contributed by atoms with E-state index in [4.69, 9.17) is 0 Å². The van der Waals surface area contributed by atoms with Crippen molar-refractivity contribution in [1.82, 2.24) is 0 Å². The Morgan fingerprint density at radius 1 is 1.07 bits per heavy atom. The zero-order valence-corrected chi connectivity index (χ0v) is 9.58. The molecule has 0 nitrogen and oxygen atoms in total. The molecule has 1 saturated carbocycles. The van der Waals surface area contributed by atoms with E-state index in [-0.39, 0.29) is 5.92 Å². The standard InChI is InChI=1S/C12H22F2/c1-4-11(2,3)12(13,14)10-8-6-5-7-9-10/h10H,4-9H2,1-3H3. The quantitative estimate of drug-likeness (QED) is 0.628. The highest BCUT2D eigenvalue weighted by Gasteiger charge is 2.50. The Morgan fingerprint density at radius 3 is 2.00 bits per heavy atom. The van der Waals surface area contributed by atoms with Crippen LogP contribution in [0, 0.1) is 11.3 Å². The van der Waals surface area contributed by atoms with E-state index in [1.807, 2.05) is 6.92 Å². The molecule has 1 aliphatic rings. The van der Waals surface area contributed by atoms with Crippen LogP contribution in [0.5, 0.6) is 0 Å². The van der Waals surface area contributed by atoms with Gasteiger partial charge in [0.2, 0.25) is 0 Å². The second-order valence-electron chi connectivity index (χ2n) is 5.20. The summed E-state index contributed by atoms with van der Waals surface area (Å²) in [5.41, 5.74) is -0.838. The third-order valence-electron chi connectivity index (χ3n) is 3.90. The van der Waals surface area contributed by atoms with Gasteiger partial charge >= 0.3 is 0 Å². The molecule has 0 aromatic heterocycles. The van der Waals surface area contributed by atoms with Crippen molar-refractivity contribution in [3.8, 4) is 0 Å². The average molecular weight is 204 g/mol. The van der Waals surface area contributed by atoms with Crippen LogP contribution in [-0.4, -0.2) is 5.92 Å². The zero-order chi connectivity index (χ0) is 10.8. The van der Waals surface area contributed by atoms with Crippen molar-refractivity contribution < 1.29 is 8.78 Å². The van der Waals surface area contributed by atoms with Gasteiger partial charge in [-0.05, 0) is 19.3 Å². The SMILES string of the molecule is CCC(C)(C)C(F)(F)C1CCCCC1. The van der Waals surface area contributed by atoms with Gasteiger partial charge in [-0.2, -0.15) is 0 Å². The molecule has 14 heavy (non-hydrogen) atoms. The minimum Gasteiger partial charge on any atom is -0.206 e. The highest BCUT2D eigenvalue weighted by atomic mass is 19.3. The molecule has 0 N–H and O–H groups in total. The van der Waals surface area contributed by atoms with Crippen LogP contribution in [0.25, 0.3) is 0 Å². The molecule has 0 bridgehead atoms. The van der Waals surface area contributed by atoms with Crippen molar-refractivity contribution in [3.05, 3.63) is 0 Å². The molecule has 84 valence electrons. The smallest absolute Gasteiger partial charge is 0.206 e. The Bertz CT molecular complexity index is 179. The van der Waals surface area contributed by atoms with E-state index in [0.717, 1.165) is 32.1 Å². The van der Waals surface area contributed by atoms with Crippen LogP contribution in [-0.2, 0) is 0 Å². The van der Waals surface area contributed by atoms with E-state index < -0.39 is 11.3 Å². The molecule has 0 radical (unpaired) electrons. The van der Waals surface area contributed by atoms with Crippen LogP contribution in [0.1, 0.15) is 59.3 Å². The number of alkyl halides is 2. The second-order valence-corrected chi connectivity index (χ2v) is 5.20. The third-order valence-corrected chi connectivity index (χ3v) is 3.90. The Kier molecular flexibility index (Phi) is 3.54. The largest absolute Gasteiger partial charge is 0.255 e. The van der Waals surface area contributed by atoms with E-state index in [1.54, 1.807) is 13.8 Å². The molecule has 0 atom stereocenters. The normalized spacial score (nSPS) is 21.2. The van der Waals surface area contributed by atoms with Gasteiger partial charge in [0.15, 0.2) is 0 Å². The summed E-state index contributed by atoms with van der Waals surface area (Å²) in [6.07, 6.45) is 5.10. The van der Waals surface area contributed by atoms with Crippen LogP contribution in [0.15, 0.2) is 0 Å². The molecule has 0 saturated heterocycles. The van der Waals surface area contributed by atoms with Gasteiger partial charge in [0.1, 0.15) is 0 Å². The Balaban J connectivity index is 2.71. The summed E-state index contributed by atoms with van der Waals surface area (Å²) in [4.78, 5) is 0. The summed E-state index contributed by atoms with van der Waals surface area (Å²) in [5, 5.41) is 0. The topological polar surface area (TPSA) is 0 Å². The molecule has 0 aliphatic heterocycles. The Morgan fingerprint density at radius 2 is 1.57 bits per heavy atom. The molecular formula is C12H22F2. The number of rotatable bonds is 3. The minimum atomic E-state index is -2.48. The molecule has 1 fully saturated rings. The first kappa shape index (κ1) is 11.9. The van der Waals surface area contributed by atoms with E-state index in [1.165, 1.54) is 0 Å². The first-order valence-electron chi connectivity index (χ1n) is 5.79. The van der Waals surface area contributed by atoms with Gasteiger partial charge in [0.25, 0.3) is 5.92 Å². The van der Waals surface area contributed by atoms with Crippen molar-refractivity contribution in [2.45, 2.75) is 65.2 Å². The lowest BCUT2D eigenvalue weighted by Crippen LogP contribution is -2.43. The minimum absolute atomic E-state index is 0.369. The summed E-state index contributed by atoms with van der Waals surface area (Å²) in [7, 11) is 0. The second kappa shape index (κ2) is 4.16. The fourth-order valence-electron chi connectivity index (χ4n) is 2.25. The maximum Gasteiger partial charge on any atom is 0.255 e. The first-order valence-corrected chi connectivity index (χ1v) is 5.79. The van der Waals surface area contributed by atoms with Crippen LogP contribution >= 0.6 is 0 Å². The lowest BCUT2D eigenvalue weighted by molar-refractivity contribution is -0.159. The fraction of sp³-hybridized carbons (Fsp3) is 1.00. The van der Waals surface area contributed by atoms with Gasteiger partial charge in [0.05, 0.1) is 0 Å². The van der Waals surface area contributed by atoms with Gasteiger partial charge in [-0.25, -0.2) is 8.78 Å². The summed E-state index contributed by atoms with van der Waals surface area (Å²) >= 11 is 0. The molecular weight excluding hydrogens is 182 g/mol. The van der Waals surface area contributed by atoms with Gasteiger partial charge < -0.3 is 0 Å². The van der Waals surface area contributed by atoms with Crippen LogP contribution in [0.4, 0.5) is 8.78 Å². The highest BCUT2D eigenvalue weighted by molar-refractivity contribution is 4.91. The molecule has 1 rings (SSSR count). The first-order chi connectivity index (χ1) is 6.42. The van der Waals surface area contributed by atoms with Gasteiger partial charge in [-0.3, -0.25) is 0 Å². The molecule has 1 aliphatic carbocycles. The van der Waals surface area contributed by atoms with Gasteiger partial charge in [0, 0.05) is 11.3 Å². The lowest BCUT2D eigenvalue weighted by atomic mass is 9.72. The molecule has 0 heterocycles. The Hall–Kier alpha value is -0.140. The summed E-state index contributed by atoms with van der Waals surface area (Å²) in [6.45, 7) is 5.25. The van der Waals surface area contributed by atoms with Crippen LogP contribution in [0.3, 0.4) is 0 Å². The van der Waals surface area contributed by atoms with Crippen LogP contribution < -0.4 is 0 Å². The monoisotopic (exact) mass is 204 g/mol. The van der Waals surface area contributed by atoms with E-state index in [0.29, 0.717) is 6.42 Å². The van der Waals surface area contributed by atoms with Crippen molar-refractivity contribution in [2.24, 2.45) is 11.3 Å². The fourth-order valence-corrected chi connectivity index (χ4v) is 2.25. The maximum atomic E-state index is 14.1. The highest BCUT2D eigenvalue weighted by Crippen LogP contribution is 2.48. The van der Waals surface area contributed by atoms with Crippen molar-refractivity contribution in [2.75, 3.05) is 0 Å². The summed E-state index contributed by atoms with van der Waals surface area (Å²) < 4.78 is 28.2. The van der Waals surface area contributed by atoms with Gasteiger partial charge in [-0.15, -0.1) is 0 Å². The molecule has 0 aromatic carbocycles. The summed E-state index contributed by atoms with van der Waals surface area (Å²) in [5.74, 6) is -2.85.